The van der Waals surface area contributed by atoms with Crippen molar-refractivity contribution >= 4 is 28.3 Å². The summed E-state index contributed by atoms with van der Waals surface area (Å²) >= 11 is 5.65. The van der Waals surface area contributed by atoms with E-state index in [1.807, 2.05) is 0 Å². The normalized spacial score (nSPS) is 46.5. The average molecular weight is 229 g/mol. The van der Waals surface area contributed by atoms with Gasteiger partial charge in [-0.1, -0.05) is 6.92 Å². The first-order valence-electron chi connectivity index (χ1n) is 4.92. The first-order valence-corrected chi connectivity index (χ1v) is 5.30. The highest BCUT2D eigenvalue weighted by Crippen LogP contribution is 2.63. The molecular formula is C10H13ClN2O2. The fraction of sp³-hybridized carbons (Fsp3) is 0.700. The Labute approximate surface area is 92.8 Å². The molecule has 0 saturated heterocycles. The predicted molar refractivity (Wildman–Crippen MR) is 56.4 cm³/mol. The lowest BCUT2D eigenvalue weighted by atomic mass is 9.70. The molecule has 2 fully saturated rings. The van der Waals surface area contributed by atoms with E-state index >= 15 is 0 Å². The van der Waals surface area contributed by atoms with Crippen LogP contribution < -0.4 is 5.84 Å². The van der Waals surface area contributed by atoms with Gasteiger partial charge in [0.05, 0.1) is 5.41 Å². The van der Waals surface area contributed by atoms with Crippen LogP contribution >= 0.6 is 11.6 Å². The highest BCUT2D eigenvalue weighted by atomic mass is 35.5. The van der Waals surface area contributed by atoms with Crippen LogP contribution in [0.2, 0.25) is 0 Å². The van der Waals surface area contributed by atoms with E-state index in [1.165, 1.54) is 0 Å². The van der Waals surface area contributed by atoms with Gasteiger partial charge in [-0.25, -0.2) is 0 Å². The minimum Gasteiger partial charge on any atom is -0.323 e. The summed E-state index contributed by atoms with van der Waals surface area (Å²) in [5.41, 5.74) is -1.21. The van der Waals surface area contributed by atoms with E-state index in [4.69, 9.17) is 17.4 Å². The molecule has 3 atom stereocenters. The van der Waals surface area contributed by atoms with Gasteiger partial charge in [-0.05, 0) is 31.4 Å². The zero-order valence-electron chi connectivity index (χ0n) is 8.71. The van der Waals surface area contributed by atoms with Crippen LogP contribution in [0.15, 0.2) is 5.10 Å². The highest BCUT2D eigenvalue weighted by molar-refractivity contribution is 6.66. The molecule has 2 rings (SSSR count). The molecule has 82 valence electrons. The zero-order valence-corrected chi connectivity index (χ0v) is 9.47. The van der Waals surface area contributed by atoms with Crippen molar-refractivity contribution in [3.63, 3.8) is 0 Å². The van der Waals surface area contributed by atoms with Gasteiger partial charge in [0.25, 0.3) is 0 Å². The largest absolute Gasteiger partial charge is 0.323 e. The summed E-state index contributed by atoms with van der Waals surface area (Å²) in [6.45, 7) is 3.53. The first kappa shape index (κ1) is 10.6. The summed E-state index contributed by atoms with van der Waals surface area (Å²) in [4.78, 5) is 23.6. The van der Waals surface area contributed by atoms with Gasteiger partial charge >= 0.3 is 0 Å². The Kier molecular flexibility index (Phi) is 1.99. The SMILES string of the molecule is CC12CCC(/C(=N/N)C1=O)C2(C)C(=O)Cl. The number of hydrogen-bond acceptors (Lipinski definition) is 4. The minimum atomic E-state index is -0.830. The van der Waals surface area contributed by atoms with Gasteiger partial charge in [0, 0.05) is 11.3 Å². The van der Waals surface area contributed by atoms with Crippen LogP contribution in [0.25, 0.3) is 0 Å². The van der Waals surface area contributed by atoms with Crippen LogP contribution in [-0.4, -0.2) is 16.7 Å². The second-order valence-electron chi connectivity index (χ2n) is 4.74. The number of nitrogens with two attached hydrogens (primary N) is 1. The molecule has 2 aliphatic carbocycles. The molecule has 0 amide bonds. The highest BCUT2D eigenvalue weighted by Gasteiger charge is 2.70. The number of Topliss-reactive ketones (excluding diaryl/α,β-unsaturated/α-hetero) is 1. The lowest BCUT2D eigenvalue weighted by molar-refractivity contribution is -0.133. The third-order valence-electron chi connectivity index (χ3n) is 4.39. The lowest BCUT2D eigenvalue weighted by Gasteiger charge is -2.31. The molecule has 2 bridgehead atoms. The molecule has 3 unspecified atom stereocenters. The van der Waals surface area contributed by atoms with E-state index in [-0.39, 0.29) is 11.7 Å². The first-order chi connectivity index (χ1) is 6.89. The molecule has 2 saturated carbocycles. The maximum atomic E-state index is 12.0. The molecule has 0 spiro atoms. The summed E-state index contributed by atoms with van der Waals surface area (Å²) in [7, 11) is 0. The molecule has 0 aromatic rings. The number of carbonyl (C=O) groups excluding carboxylic acids is 2. The van der Waals surface area contributed by atoms with Crippen molar-refractivity contribution in [1.82, 2.24) is 0 Å². The Balaban J connectivity index is 2.63. The van der Waals surface area contributed by atoms with Crippen molar-refractivity contribution in [1.29, 1.82) is 0 Å². The number of hydrogen-bond donors (Lipinski definition) is 1. The Morgan fingerprint density at radius 2 is 2.20 bits per heavy atom. The van der Waals surface area contributed by atoms with Crippen LogP contribution in [0.4, 0.5) is 0 Å². The summed E-state index contributed by atoms with van der Waals surface area (Å²) in [6.07, 6.45) is 1.44. The summed E-state index contributed by atoms with van der Waals surface area (Å²) in [5, 5.41) is 3.07. The quantitative estimate of drug-likeness (QED) is 0.415. The third-order valence-corrected chi connectivity index (χ3v) is 4.78. The molecule has 2 aliphatic rings. The second kappa shape index (κ2) is 2.82. The molecule has 0 radical (unpaired) electrons. The van der Waals surface area contributed by atoms with Crippen LogP contribution in [0, 0.1) is 16.7 Å². The molecular weight excluding hydrogens is 216 g/mol. The van der Waals surface area contributed by atoms with Crippen molar-refractivity contribution in [3.8, 4) is 0 Å². The molecule has 15 heavy (non-hydrogen) atoms. The van der Waals surface area contributed by atoms with Gasteiger partial charge in [0.15, 0.2) is 5.78 Å². The van der Waals surface area contributed by atoms with Crippen molar-refractivity contribution in [2.75, 3.05) is 0 Å². The summed E-state index contributed by atoms with van der Waals surface area (Å²) < 4.78 is 0. The fourth-order valence-corrected chi connectivity index (χ4v) is 3.41. The molecule has 2 N–H and O–H groups in total. The Morgan fingerprint density at radius 1 is 1.60 bits per heavy atom. The smallest absolute Gasteiger partial charge is 0.229 e. The number of nitrogens with zero attached hydrogens (tertiary/aromatic N) is 1. The van der Waals surface area contributed by atoms with Crippen LogP contribution in [0.1, 0.15) is 26.7 Å². The number of halogens is 1. The third kappa shape index (κ3) is 0.911. The van der Waals surface area contributed by atoms with Crippen LogP contribution in [0.5, 0.6) is 0 Å². The number of fused-ring (bicyclic) bond motifs is 2. The van der Waals surface area contributed by atoms with Gasteiger partial charge < -0.3 is 5.84 Å². The number of hydrazone groups is 1. The van der Waals surface area contributed by atoms with Crippen molar-refractivity contribution in [2.45, 2.75) is 26.7 Å². The summed E-state index contributed by atoms with van der Waals surface area (Å²) in [5.74, 6) is 4.89. The van der Waals surface area contributed by atoms with Gasteiger partial charge in [0.1, 0.15) is 5.71 Å². The van der Waals surface area contributed by atoms with E-state index < -0.39 is 16.1 Å². The predicted octanol–water partition coefficient (Wildman–Crippen LogP) is 1.07. The van der Waals surface area contributed by atoms with Crippen molar-refractivity contribution in [2.24, 2.45) is 27.7 Å². The van der Waals surface area contributed by atoms with Crippen LogP contribution in [0.3, 0.4) is 0 Å². The lowest BCUT2D eigenvalue weighted by Crippen LogP contribution is -2.39. The van der Waals surface area contributed by atoms with E-state index in [1.54, 1.807) is 13.8 Å². The van der Waals surface area contributed by atoms with E-state index in [0.717, 1.165) is 6.42 Å². The van der Waals surface area contributed by atoms with Gasteiger partial charge in [-0.3, -0.25) is 9.59 Å². The van der Waals surface area contributed by atoms with Crippen molar-refractivity contribution < 1.29 is 9.59 Å². The number of carbonyl (C=O) groups is 2. The Hall–Kier alpha value is -0.900. The maximum Gasteiger partial charge on any atom is 0.229 e. The van der Waals surface area contributed by atoms with Crippen LogP contribution in [-0.2, 0) is 9.59 Å². The molecule has 0 aliphatic heterocycles. The van der Waals surface area contributed by atoms with E-state index in [9.17, 15) is 9.59 Å². The standard InChI is InChI=1S/C10H13ClN2O2/c1-9-4-3-5(6(13-12)7(9)14)10(9,2)8(11)15/h5H,3-4,12H2,1-2H3/b13-6-. The molecule has 5 heteroatoms. The molecule has 4 nitrogen and oxygen atoms in total. The minimum absolute atomic E-state index is 0.113. The molecule has 0 heterocycles. The van der Waals surface area contributed by atoms with Crippen molar-refractivity contribution in [3.05, 3.63) is 0 Å². The maximum absolute atomic E-state index is 12.0. The summed E-state index contributed by atoms with van der Waals surface area (Å²) in [6, 6.07) is 0. The van der Waals surface area contributed by atoms with Gasteiger partial charge in [0.2, 0.25) is 5.24 Å². The second-order valence-corrected chi connectivity index (χ2v) is 5.09. The number of ketones is 1. The van der Waals surface area contributed by atoms with Gasteiger partial charge in [-0.15, -0.1) is 0 Å². The Morgan fingerprint density at radius 3 is 2.53 bits per heavy atom. The Bertz CT molecular complexity index is 393. The average Bonchev–Trinajstić information content (AvgIpc) is 2.53. The van der Waals surface area contributed by atoms with E-state index in [0.29, 0.717) is 12.1 Å². The molecule has 0 aromatic heterocycles. The van der Waals surface area contributed by atoms with E-state index in [2.05, 4.69) is 5.10 Å². The topological polar surface area (TPSA) is 72.5 Å². The van der Waals surface area contributed by atoms with Gasteiger partial charge in [-0.2, -0.15) is 5.10 Å². The zero-order chi connectivity index (χ0) is 11.4. The monoisotopic (exact) mass is 228 g/mol. The number of rotatable bonds is 1. The fourth-order valence-electron chi connectivity index (χ4n) is 3.07. The molecule has 0 aromatic carbocycles.